The topological polar surface area (TPSA) is 81.4 Å². The predicted octanol–water partition coefficient (Wildman–Crippen LogP) is 1.04. The van der Waals surface area contributed by atoms with Gasteiger partial charge in [-0.15, -0.1) is 6.58 Å². The third-order valence-corrected chi connectivity index (χ3v) is 4.50. The number of aliphatic hydroxyl groups is 1. The van der Waals surface area contributed by atoms with Gasteiger partial charge in [0.15, 0.2) is 0 Å². The average Bonchev–Trinajstić information content (AvgIpc) is 2.38. The van der Waals surface area contributed by atoms with Crippen LogP contribution in [-0.4, -0.2) is 37.5 Å². The van der Waals surface area contributed by atoms with Crippen molar-refractivity contribution in [1.29, 1.82) is 5.26 Å². The number of hydrogen-bond donors (Lipinski definition) is 1. The number of rotatable bonds is 6. The normalized spacial score (nSPS) is 11.3. The number of aryl methyl sites for hydroxylation is 1. The number of aliphatic hydroxyl groups excluding tert-OH is 1. The van der Waals surface area contributed by atoms with Gasteiger partial charge >= 0.3 is 0 Å². The molecule has 0 unspecified atom stereocenters. The summed E-state index contributed by atoms with van der Waals surface area (Å²) in [5.41, 5.74) is 1.04. The molecule has 1 aromatic carbocycles. The summed E-state index contributed by atoms with van der Waals surface area (Å²) in [5, 5.41) is 17.8. The fourth-order valence-corrected chi connectivity index (χ4v) is 3.12. The van der Waals surface area contributed by atoms with E-state index in [1.54, 1.807) is 6.92 Å². The van der Waals surface area contributed by atoms with Gasteiger partial charge in [0.25, 0.3) is 0 Å². The Kier molecular flexibility index (Phi) is 5.24. The minimum absolute atomic E-state index is 0.00734. The van der Waals surface area contributed by atoms with Crippen LogP contribution in [-0.2, 0) is 10.0 Å². The van der Waals surface area contributed by atoms with Crippen molar-refractivity contribution in [3.05, 3.63) is 42.0 Å². The Bertz CT molecular complexity index is 603. The van der Waals surface area contributed by atoms with Crippen molar-refractivity contribution in [2.45, 2.75) is 11.8 Å². The molecule has 0 atom stereocenters. The molecule has 0 bridgehead atoms. The summed E-state index contributed by atoms with van der Waals surface area (Å²) in [5.74, 6) is 0. The van der Waals surface area contributed by atoms with Crippen LogP contribution >= 0.6 is 0 Å². The van der Waals surface area contributed by atoms with Crippen LogP contribution in [0.2, 0.25) is 0 Å². The third-order valence-electron chi connectivity index (χ3n) is 2.64. The third kappa shape index (κ3) is 3.41. The lowest BCUT2D eigenvalue weighted by Gasteiger charge is -2.20. The molecule has 0 saturated carbocycles. The Morgan fingerprint density at radius 3 is 2.68 bits per heavy atom. The van der Waals surface area contributed by atoms with E-state index in [0.717, 1.165) is 4.31 Å². The van der Waals surface area contributed by atoms with Gasteiger partial charge in [-0.2, -0.15) is 9.57 Å². The monoisotopic (exact) mass is 280 g/mol. The van der Waals surface area contributed by atoms with Gasteiger partial charge in [-0.1, -0.05) is 6.08 Å². The van der Waals surface area contributed by atoms with Crippen LogP contribution in [0.4, 0.5) is 0 Å². The summed E-state index contributed by atoms with van der Waals surface area (Å²) in [7, 11) is -3.68. The lowest BCUT2D eigenvalue weighted by Crippen LogP contribution is -2.33. The van der Waals surface area contributed by atoms with Crippen molar-refractivity contribution in [3.63, 3.8) is 0 Å². The molecular weight excluding hydrogens is 264 g/mol. The number of nitrogens with zero attached hydrogens (tertiary/aromatic N) is 2. The highest BCUT2D eigenvalue weighted by atomic mass is 32.2. The summed E-state index contributed by atoms with van der Waals surface area (Å²) < 4.78 is 25.8. The van der Waals surface area contributed by atoms with Crippen molar-refractivity contribution in [2.24, 2.45) is 0 Å². The van der Waals surface area contributed by atoms with Gasteiger partial charge < -0.3 is 5.11 Å². The number of sulfonamides is 1. The molecule has 0 heterocycles. The van der Waals surface area contributed by atoms with Gasteiger partial charge in [0.1, 0.15) is 0 Å². The maximum Gasteiger partial charge on any atom is 0.243 e. The molecule has 6 heteroatoms. The van der Waals surface area contributed by atoms with Crippen LogP contribution in [0.25, 0.3) is 0 Å². The lowest BCUT2D eigenvalue weighted by molar-refractivity contribution is 0.260. The second kappa shape index (κ2) is 6.48. The fraction of sp³-hybridized carbons (Fsp3) is 0.308. The largest absolute Gasteiger partial charge is 0.395 e. The Labute approximate surface area is 113 Å². The van der Waals surface area contributed by atoms with E-state index < -0.39 is 10.0 Å². The van der Waals surface area contributed by atoms with Gasteiger partial charge in [-0.05, 0) is 30.7 Å². The summed E-state index contributed by atoms with van der Waals surface area (Å²) in [6.45, 7) is 5.06. The zero-order chi connectivity index (χ0) is 14.5. The molecule has 1 N–H and O–H groups in total. The van der Waals surface area contributed by atoms with E-state index in [1.807, 2.05) is 6.07 Å². The van der Waals surface area contributed by atoms with Gasteiger partial charge in [-0.25, -0.2) is 8.42 Å². The van der Waals surface area contributed by atoms with Gasteiger partial charge in [0.05, 0.1) is 23.1 Å². The highest BCUT2D eigenvalue weighted by Gasteiger charge is 2.23. The van der Waals surface area contributed by atoms with Gasteiger partial charge in [0, 0.05) is 13.1 Å². The zero-order valence-electron chi connectivity index (χ0n) is 10.7. The zero-order valence-corrected chi connectivity index (χ0v) is 11.5. The maximum absolute atomic E-state index is 12.3. The maximum atomic E-state index is 12.3. The van der Waals surface area contributed by atoms with Crippen LogP contribution in [0, 0.1) is 18.3 Å². The highest BCUT2D eigenvalue weighted by Crippen LogP contribution is 2.19. The van der Waals surface area contributed by atoms with Crippen molar-refractivity contribution < 1.29 is 13.5 Å². The smallest absolute Gasteiger partial charge is 0.243 e. The first kappa shape index (κ1) is 15.4. The summed E-state index contributed by atoms with van der Waals surface area (Å²) in [6.07, 6.45) is 1.46. The molecule has 0 radical (unpaired) electrons. The van der Waals surface area contributed by atoms with Crippen molar-refractivity contribution in [1.82, 2.24) is 4.31 Å². The summed E-state index contributed by atoms with van der Waals surface area (Å²) in [4.78, 5) is 0.110. The van der Waals surface area contributed by atoms with Crippen molar-refractivity contribution in [2.75, 3.05) is 19.7 Å². The molecule has 19 heavy (non-hydrogen) atoms. The molecule has 0 aromatic heterocycles. The quantitative estimate of drug-likeness (QED) is 0.789. The first-order valence-electron chi connectivity index (χ1n) is 5.70. The van der Waals surface area contributed by atoms with Crippen LogP contribution in [0.1, 0.15) is 11.1 Å². The average molecular weight is 280 g/mol. The molecule has 102 valence electrons. The van der Waals surface area contributed by atoms with Crippen LogP contribution in [0.3, 0.4) is 0 Å². The second-order valence-corrected chi connectivity index (χ2v) is 5.90. The molecule has 5 nitrogen and oxygen atoms in total. The van der Waals surface area contributed by atoms with Crippen LogP contribution in [0.5, 0.6) is 0 Å². The first-order valence-corrected chi connectivity index (χ1v) is 7.14. The number of benzene rings is 1. The van der Waals surface area contributed by atoms with Crippen LogP contribution in [0.15, 0.2) is 35.7 Å². The predicted molar refractivity (Wildman–Crippen MR) is 71.9 cm³/mol. The molecular formula is C13H16N2O3S. The van der Waals surface area contributed by atoms with E-state index in [1.165, 1.54) is 24.3 Å². The van der Waals surface area contributed by atoms with E-state index in [4.69, 9.17) is 10.4 Å². The Hall–Kier alpha value is -1.68. The Morgan fingerprint density at radius 2 is 2.21 bits per heavy atom. The standard InChI is InChI=1S/C13H16N2O3S/c1-3-6-15(7-8-16)19(17,18)13-5-4-12(10-14)11(2)9-13/h3-5,9,16H,1,6-8H2,2H3. The van der Waals surface area contributed by atoms with Crippen molar-refractivity contribution >= 4 is 10.0 Å². The molecule has 0 amide bonds. The molecule has 0 aliphatic heterocycles. The summed E-state index contributed by atoms with van der Waals surface area (Å²) in [6, 6.07) is 6.33. The number of hydrogen-bond acceptors (Lipinski definition) is 4. The fourth-order valence-electron chi connectivity index (χ4n) is 1.64. The number of nitriles is 1. The molecule has 0 spiro atoms. The van der Waals surface area contributed by atoms with E-state index in [-0.39, 0.29) is 24.6 Å². The minimum atomic E-state index is -3.68. The highest BCUT2D eigenvalue weighted by molar-refractivity contribution is 7.89. The second-order valence-electron chi connectivity index (χ2n) is 3.96. The molecule has 1 rings (SSSR count). The SMILES string of the molecule is C=CCN(CCO)S(=O)(=O)c1ccc(C#N)c(C)c1. The van der Waals surface area contributed by atoms with E-state index >= 15 is 0 Å². The lowest BCUT2D eigenvalue weighted by atomic mass is 10.1. The molecule has 0 aliphatic carbocycles. The van der Waals surface area contributed by atoms with E-state index in [9.17, 15) is 8.42 Å². The van der Waals surface area contributed by atoms with Gasteiger partial charge in [0.2, 0.25) is 10.0 Å². The molecule has 1 aromatic rings. The van der Waals surface area contributed by atoms with Gasteiger partial charge in [-0.3, -0.25) is 0 Å². The Morgan fingerprint density at radius 1 is 1.53 bits per heavy atom. The first-order chi connectivity index (χ1) is 8.97. The van der Waals surface area contributed by atoms with E-state index in [2.05, 4.69) is 6.58 Å². The van der Waals surface area contributed by atoms with E-state index in [0.29, 0.717) is 11.1 Å². The Balaban J connectivity index is 3.22. The van der Waals surface area contributed by atoms with Crippen molar-refractivity contribution in [3.8, 4) is 6.07 Å². The molecule has 0 saturated heterocycles. The molecule has 0 fully saturated rings. The summed E-state index contributed by atoms with van der Waals surface area (Å²) >= 11 is 0. The minimum Gasteiger partial charge on any atom is -0.395 e. The molecule has 0 aliphatic rings. The van der Waals surface area contributed by atoms with Crippen LogP contribution < -0.4 is 0 Å².